The van der Waals surface area contributed by atoms with Crippen molar-refractivity contribution < 1.29 is 4.79 Å². The highest BCUT2D eigenvalue weighted by atomic mass is 32.1. The maximum Gasteiger partial charge on any atom is 0.276 e. The van der Waals surface area contributed by atoms with Crippen LogP contribution in [-0.2, 0) is 0 Å². The minimum atomic E-state index is -0.305. The molecular formula is C20H14N6OS. The predicted octanol–water partition coefficient (Wildman–Crippen LogP) is 3.41. The third kappa shape index (κ3) is 3.65. The van der Waals surface area contributed by atoms with E-state index < -0.39 is 0 Å². The van der Waals surface area contributed by atoms with Crippen molar-refractivity contribution in [3.63, 3.8) is 0 Å². The number of anilines is 1. The zero-order chi connectivity index (χ0) is 19.3. The van der Waals surface area contributed by atoms with Gasteiger partial charge in [0.2, 0.25) is 0 Å². The summed E-state index contributed by atoms with van der Waals surface area (Å²) in [5.74, 6) is 5.45. The molecule has 4 aromatic rings. The van der Waals surface area contributed by atoms with E-state index >= 15 is 0 Å². The molecule has 0 aromatic carbocycles. The molecule has 0 aliphatic heterocycles. The van der Waals surface area contributed by atoms with E-state index in [0.29, 0.717) is 27.9 Å². The molecule has 1 amide bonds. The summed E-state index contributed by atoms with van der Waals surface area (Å²) < 4.78 is 1.67. The molecule has 0 radical (unpaired) electrons. The Hall–Kier alpha value is -3.83. The first-order chi connectivity index (χ1) is 13.7. The van der Waals surface area contributed by atoms with Gasteiger partial charge in [-0.25, -0.2) is 15.0 Å². The molecule has 0 aliphatic carbocycles. The number of nitrogens with one attached hydrogen (secondary N) is 1. The quantitative estimate of drug-likeness (QED) is 0.543. The van der Waals surface area contributed by atoms with Crippen LogP contribution in [0.15, 0.2) is 60.6 Å². The Morgan fingerprint density at radius 2 is 2.04 bits per heavy atom. The average molecular weight is 386 g/mol. The number of nitrogens with zero attached hydrogens (tertiary/aromatic N) is 5. The summed E-state index contributed by atoms with van der Waals surface area (Å²) >= 11 is 1.33. The Bertz CT molecular complexity index is 1190. The van der Waals surface area contributed by atoms with Crippen LogP contribution in [0.5, 0.6) is 0 Å². The number of imidazole rings is 1. The zero-order valence-electron chi connectivity index (χ0n) is 14.8. The predicted molar refractivity (Wildman–Crippen MR) is 107 cm³/mol. The summed E-state index contributed by atoms with van der Waals surface area (Å²) in [7, 11) is 0. The molecule has 0 fully saturated rings. The molecule has 8 heteroatoms. The lowest BCUT2D eigenvalue weighted by molar-refractivity contribution is 0.102. The van der Waals surface area contributed by atoms with Crippen LogP contribution in [0.4, 0.5) is 5.13 Å². The van der Waals surface area contributed by atoms with Gasteiger partial charge < -0.3 is 0 Å². The van der Waals surface area contributed by atoms with Crippen LogP contribution in [0.1, 0.15) is 23.1 Å². The van der Waals surface area contributed by atoms with Crippen LogP contribution in [0.2, 0.25) is 0 Å². The SMILES string of the molecule is CC#Cc1cccc(-c2csc(NC(=O)c3cncn3-c3cccnc3)n2)n1. The van der Waals surface area contributed by atoms with E-state index in [-0.39, 0.29) is 5.91 Å². The lowest BCUT2D eigenvalue weighted by atomic mass is 10.2. The first kappa shape index (κ1) is 17.6. The first-order valence-corrected chi connectivity index (χ1v) is 9.22. The highest BCUT2D eigenvalue weighted by Gasteiger charge is 2.15. The number of pyridine rings is 2. The molecule has 7 nitrogen and oxygen atoms in total. The Labute approximate surface area is 165 Å². The number of hydrogen-bond acceptors (Lipinski definition) is 6. The number of aromatic nitrogens is 5. The molecule has 0 saturated heterocycles. The summed E-state index contributed by atoms with van der Waals surface area (Å²) in [6.45, 7) is 1.76. The molecule has 28 heavy (non-hydrogen) atoms. The molecule has 1 N–H and O–H groups in total. The van der Waals surface area contributed by atoms with Gasteiger partial charge in [-0.15, -0.1) is 11.3 Å². The van der Waals surface area contributed by atoms with Crippen molar-refractivity contribution in [2.75, 3.05) is 5.32 Å². The molecule has 136 valence electrons. The van der Waals surface area contributed by atoms with Crippen molar-refractivity contribution in [2.45, 2.75) is 6.92 Å². The Morgan fingerprint density at radius 1 is 1.11 bits per heavy atom. The molecular weight excluding hydrogens is 372 g/mol. The maximum atomic E-state index is 12.7. The highest BCUT2D eigenvalue weighted by Crippen LogP contribution is 2.24. The van der Waals surface area contributed by atoms with E-state index in [1.54, 1.807) is 36.3 Å². The smallest absolute Gasteiger partial charge is 0.276 e. The third-order valence-corrected chi connectivity index (χ3v) is 4.54. The Balaban J connectivity index is 1.55. The van der Waals surface area contributed by atoms with Gasteiger partial charge in [0.05, 0.1) is 30.1 Å². The molecule has 4 heterocycles. The molecule has 0 unspecified atom stereocenters. The van der Waals surface area contributed by atoms with Crippen molar-refractivity contribution in [1.82, 2.24) is 24.5 Å². The summed E-state index contributed by atoms with van der Waals surface area (Å²) in [5.41, 5.74) is 3.21. The zero-order valence-corrected chi connectivity index (χ0v) is 15.6. The third-order valence-electron chi connectivity index (χ3n) is 3.78. The Kier molecular flexibility index (Phi) is 4.91. The van der Waals surface area contributed by atoms with Gasteiger partial charge in [0.15, 0.2) is 5.13 Å². The van der Waals surface area contributed by atoms with Gasteiger partial charge in [-0.1, -0.05) is 12.0 Å². The fraction of sp³-hybridized carbons (Fsp3) is 0.0500. The van der Waals surface area contributed by atoms with Crippen LogP contribution in [-0.4, -0.2) is 30.4 Å². The number of thiazole rings is 1. The van der Waals surface area contributed by atoms with Crippen LogP contribution in [0.3, 0.4) is 0 Å². The highest BCUT2D eigenvalue weighted by molar-refractivity contribution is 7.14. The minimum absolute atomic E-state index is 0.305. The number of rotatable bonds is 4. The van der Waals surface area contributed by atoms with Crippen LogP contribution >= 0.6 is 11.3 Å². The monoisotopic (exact) mass is 386 g/mol. The van der Waals surface area contributed by atoms with E-state index in [1.165, 1.54) is 17.5 Å². The van der Waals surface area contributed by atoms with Crippen molar-refractivity contribution in [1.29, 1.82) is 0 Å². The van der Waals surface area contributed by atoms with Crippen LogP contribution in [0.25, 0.3) is 17.1 Å². The van der Waals surface area contributed by atoms with Gasteiger partial charge in [0, 0.05) is 11.6 Å². The van der Waals surface area contributed by atoms with Crippen molar-refractivity contribution >= 4 is 22.4 Å². The Morgan fingerprint density at radius 3 is 2.86 bits per heavy atom. The largest absolute Gasteiger partial charge is 0.296 e. The topological polar surface area (TPSA) is 85.6 Å². The fourth-order valence-corrected chi connectivity index (χ4v) is 3.25. The van der Waals surface area contributed by atoms with E-state index in [0.717, 1.165) is 5.69 Å². The summed E-state index contributed by atoms with van der Waals surface area (Å²) in [6, 6.07) is 9.23. The maximum absolute atomic E-state index is 12.7. The number of carbonyl (C=O) groups excluding carboxylic acids is 1. The van der Waals surface area contributed by atoms with Crippen molar-refractivity contribution in [3.05, 3.63) is 72.0 Å². The second kappa shape index (κ2) is 7.82. The van der Waals surface area contributed by atoms with E-state index in [2.05, 4.69) is 37.1 Å². The average Bonchev–Trinajstić information content (AvgIpc) is 3.39. The minimum Gasteiger partial charge on any atom is -0.296 e. The first-order valence-electron chi connectivity index (χ1n) is 8.34. The van der Waals surface area contributed by atoms with Crippen LogP contribution in [0, 0.1) is 11.8 Å². The van der Waals surface area contributed by atoms with Crippen LogP contribution < -0.4 is 5.32 Å². The van der Waals surface area contributed by atoms with Gasteiger partial charge in [0.25, 0.3) is 5.91 Å². The summed E-state index contributed by atoms with van der Waals surface area (Å²) in [6.07, 6.45) is 6.42. The van der Waals surface area contributed by atoms with Gasteiger partial charge in [-0.05, 0) is 37.1 Å². The molecule has 0 aliphatic rings. The molecule has 4 aromatic heterocycles. The summed E-state index contributed by atoms with van der Waals surface area (Å²) in [5, 5.41) is 5.14. The van der Waals surface area contributed by atoms with Gasteiger partial charge >= 0.3 is 0 Å². The lowest BCUT2D eigenvalue weighted by Gasteiger charge is -2.06. The second-order valence-corrected chi connectivity index (χ2v) is 6.49. The van der Waals surface area contributed by atoms with E-state index in [9.17, 15) is 4.79 Å². The normalized spacial score (nSPS) is 10.2. The standard InChI is InChI=1S/C20H14N6OS/c1-2-5-14-6-3-8-16(23-14)17-12-28-20(24-17)25-19(27)18-11-22-13-26(18)15-7-4-9-21-10-15/h3-4,6-13H,1H3,(H,24,25,27). The number of hydrogen-bond donors (Lipinski definition) is 1. The lowest BCUT2D eigenvalue weighted by Crippen LogP contribution is -2.16. The molecule has 0 atom stereocenters. The van der Waals surface area contributed by atoms with E-state index in [4.69, 9.17) is 0 Å². The van der Waals surface area contributed by atoms with Gasteiger partial charge in [-0.2, -0.15) is 0 Å². The number of amides is 1. The molecule has 0 spiro atoms. The molecule has 0 saturated carbocycles. The van der Waals surface area contributed by atoms with Crippen molar-refractivity contribution in [3.8, 4) is 28.9 Å². The molecule has 4 rings (SSSR count). The van der Waals surface area contributed by atoms with Crippen molar-refractivity contribution in [2.24, 2.45) is 0 Å². The summed E-state index contributed by atoms with van der Waals surface area (Å²) in [4.78, 5) is 29.8. The van der Waals surface area contributed by atoms with E-state index in [1.807, 2.05) is 29.6 Å². The van der Waals surface area contributed by atoms with Gasteiger partial charge in [-0.3, -0.25) is 19.7 Å². The van der Waals surface area contributed by atoms with Gasteiger partial charge in [0.1, 0.15) is 17.1 Å². The fourth-order valence-electron chi connectivity index (χ4n) is 2.55. The molecule has 0 bridgehead atoms. The second-order valence-electron chi connectivity index (χ2n) is 5.64. The number of carbonyl (C=O) groups is 1.